The summed E-state index contributed by atoms with van der Waals surface area (Å²) in [6.07, 6.45) is 2.17. The number of benzene rings is 3. The summed E-state index contributed by atoms with van der Waals surface area (Å²) < 4.78 is 14.7. The largest absolute Gasteiger partial charge is 0.309 e. The predicted molar refractivity (Wildman–Crippen MR) is 118 cm³/mol. The quantitative estimate of drug-likeness (QED) is 0.399. The smallest absolute Gasteiger partial charge is 0.163 e. The Hall–Kier alpha value is -2.15. The molecule has 0 fully saturated rings. The minimum atomic E-state index is -2.90. The molecule has 0 spiro atoms. The molecule has 0 heterocycles. The van der Waals surface area contributed by atoms with Gasteiger partial charge in [-0.15, -0.1) is 0 Å². The lowest BCUT2D eigenvalue weighted by Crippen LogP contribution is -2.30. The molecule has 0 aliphatic carbocycles. The van der Waals surface area contributed by atoms with Crippen LogP contribution in [-0.2, 0) is 4.57 Å². The highest BCUT2D eigenvalue weighted by molar-refractivity contribution is 7.85. The molecule has 0 amide bonds. The maximum Gasteiger partial charge on any atom is 0.163 e. The third-order valence-corrected chi connectivity index (χ3v) is 11.9. The Kier molecular flexibility index (Phi) is 5.46. The Morgan fingerprint density at radius 3 is 1.46 bits per heavy atom. The van der Waals surface area contributed by atoms with Crippen LogP contribution < -0.4 is 10.6 Å². The highest BCUT2D eigenvalue weighted by Crippen LogP contribution is 2.55. The molecular weight excluding hydrogens is 351 g/mol. The molecule has 3 aromatic rings. The van der Waals surface area contributed by atoms with Crippen LogP contribution in [0.2, 0.25) is 19.6 Å². The van der Waals surface area contributed by atoms with Crippen LogP contribution in [0.3, 0.4) is 0 Å². The molecule has 0 aliphatic heterocycles. The first-order valence-corrected chi connectivity index (χ1v) is 14.1. The third kappa shape index (κ3) is 3.82. The van der Waals surface area contributed by atoms with Crippen LogP contribution in [0.5, 0.6) is 0 Å². The Morgan fingerprint density at radius 1 is 0.692 bits per heavy atom. The number of rotatable bonds is 5. The maximum atomic E-state index is 14.7. The zero-order valence-electron chi connectivity index (χ0n) is 15.6. The van der Waals surface area contributed by atoms with Gasteiger partial charge in [-0.05, 0) is 10.5 Å². The summed E-state index contributed by atoms with van der Waals surface area (Å²) in [5.74, 6) is 0. The van der Waals surface area contributed by atoms with Gasteiger partial charge in [-0.2, -0.15) is 0 Å². The minimum absolute atomic E-state index is 0.913. The molecule has 1 nitrogen and oxygen atoms in total. The topological polar surface area (TPSA) is 17.1 Å². The second-order valence-corrected chi connectivity index (χ2v) is 15.7. The van der Waals surface area contributed by atoms with Crippen molar-refractivity contribution in [1.82, 2.24) is 0 Å². The van der Waals surface area contributed by atoms with Crippen molar-refractivity contribution in [2.45, 2.75) is 19.6 Å². The van der Waals surface area contributed by atoms with Crippen LogP contribution >= 0.6 is 7.14 Å². The fourth-order valence-electron chi connectivity index (χ4n) is 3.19. The van der Waals surface area contributed by atoms with Crippen LogP contribution in [0.15, 0.2) is 95.9 Å². The Bertz CT molecular complexity index is 883. The summed E-state index contributed by atoms with van der Waals surface area (Å²) >= 11 is 0. The van der Waals surface area contributed by atoms with E-state index in [0.29, 0.717) is 0 Å². The molecule has 0 bridgehead atoms. The Morgan fingerprint density at radius 2 is 1.08 bits per heavy atom. The van der Waals surface area contributed by atoms with Gasteiger partial charge in [0.05, 0.1) is 8.07 Å². The molecule has 0 aliphatic rings. The molecular formula is C23H25OPSi. The van der Waals surface area contributed by atoms with Gasteiger partial charge in [0, 0.05) is 10.6 Å². The van der Waals surface area contributed by atoms with E-state index in [1.807, 2.05) is 78.9 Å². The summed E-state index contributed by atoms with van der Waals surface area (Å²) in [4.78, 5) is 1.11. The lowest BCUT2D eigenvalue weighted by atomic mass is 10.2. The molecule has 0 radical (unpaired) electrons. The molecule has 0 atom stereocenters. The molecule has 0 unspecified atom stereocenters. The fourth-order valence-corrected chi connectivity index (χ4v) is 10.7. The first-order valence-electron chi connectivity index (χ1n) is 8.91. The zero-order chi connectivity index (χ0) is 18.6. The average Bonchev–Trinajstić information content (AvgIpc) is 2.67. The van der Waals surface area contributed by atoms with Crippen molar-refractivity contribution in [3.8, 4) is 0 Å². The van der Waals surface area contributed by atoms with Gasteiger partial charge in [0.25, 0.3) is 0 Å². The lowest BCUT2D eigenvalue weighted by molar-refractivity contribution is 0.591. The van der Waals surface area contributed by atoms with Crippen LogP contribution in [0, 0.1) is 0 Å². The van der Waals surface area contributed by atoms with Crippen molar-refractivity contribution in [1.29, 1.82) is 0 Å². The summed E-state index contributed by atoms with van der Waals surface area (Å²) in [6, 6.07) is 30.2. The molecule has 0 aromatic heterocycles. The van der Waals surface area contributed by atoms with E-state index in [1.54, 1.807) is 0 Å². The standard InChI is InChI=1S/C23H25OPSi/c1-26(2,3)23(19-20-13-7-4-8-14-20)25(24,21-15-9-5-10-16-21)22-17-11-6-12-18-22/h4-19H,1-3H3/b23-19-. The molecule has 132 valence electrons. The van der Waals surface area contributed by atoms with Crippen molar-refractivity contribution < 1.29 is 4.57 Å². The first kappa shape index (κ1) is 18.6. The van der Waals surface area contributed by atoms with Crippen LogP contribution in [-0.4, -0.2) is 8.07 Å². The molecule has 0 saturated carbocycles. The molecule has 26 heavy (non-hydrogen) atoms. The normalized spacial score (nSPS) is 12.8. The van der Waals surface area contributed by atoms with Crippen molar-refractivity contribution in [3.63, 3.8) is 0 Å². The van der Waals surface area contributed by atoms with E-state index >= 15 is 0 Å². The van der Waals surface area contributed by atoms with E-state index in [0.717, 1.165) is 21.1 Å². The Balaban J connectivity index is 2.32. The number of hydrogen-bond acceptors (Lipinski definition) is 1. The maximum absolute atomic E-state index is 14.7. The van der Waals surface area contributed by atoms with E-state index < -0.39 is 15.2 Å². The van der Waals surface area contributed by atoms with Gasteiger partial charge in [0.1, 0.15) is 0 Å². The summed E-state index contributed by atoms with van der Waals surface area (Å²) in [7, 11) is -4.77. The van der Waals surface area contributed by atoms with Gasteiger partial charge in [-0.3, -0.25) is 0 Å². The predicted octanol–water partition coefficient (Wildman–Crippen LogP) is 5.92. The first-order chi connectivity index (χ1) is 12.4. The monoisotopic (exact) mass is 376 g/mol. The van der Waals surface area contributed by atoms with Crippen LogP contribution in [0.4, 0.5) is 0 Å². The number of hydrogen-bond donors (Lipinski definition) is 0. The molecule has 3 rings (SSSR count). The van der Waals surface area contributed by atoms with Crippen molar-refractivity contribution in [3.05, 3.63) is 101 Å². The van der Waals surface area contributed by atoms with Gasteiger partial charge in [-0.25, -0.2) is 0 Å². The average molecular weight is 377 g/mol. The molecule has 0 saturated heterocycles. The summed E-state index contributed by atoms with van der Waals surface area (Å²) in [5.41, 5.74) is 1.11. The van der Waals surface area contributed by atoms with Crippen molar-refractivity contribution >= 4 is 31.9 Å². The zero-order valence-corrected chi connectivity index (χ0v) is 17.5. The SMILES string of the molecule is C[Si](C)(C)/C(=C\c1ccccc1)P(=O)(c1ccccc1)c1ccccc1. The summed E-state index contributed by atoms with van der Waals surface area (Å²) in [6.45, 7) is 6.83. The van der Waals surface area contributed by atoms with E-state index in [2.05, 4.69) is 37.8 Å². The Labute approximate surface area is 157 Å². The van der Waals surface area contributed by atoms with Gasteiger partial charge in [0.2, 0.25) is 0 Å². The highest BCUT2D eigenvalue weighted by atomic mass is 31.2. The lowest BCUT2D eigenvalue weighted by Gasteiger charge is -2.30. The fraction of sp³-hybridized carbons (Fsp3) is 0.130. The van der Waals surface area contributed by atoms with Crippen LogP contribution in [0.1, 0.15) is 5.56 Å². The van der Waals surface area contributed by atoms with E-state index in [9.17, 15) is 4.57 Å². The van der Waals surface area contributed by atoms with Crippen molar-refractivity contribution in [2.75, 3.05) is 0 Å². The second-order valence-electron chi connectivity index (χ2n) is 7.47. The molecule has 3 aromatic carbocycles. The van der Waals surface area contributed by atoms with Gasteiger partial charge in [-0.1, -0.05) is 117 Å². The van der Waals surface area contributed by atoms with Gasteiger partial charge >= 0.3 is 0 Å². The van der Waals surface area contributed by atoms with E-state index in [1.165, 1.54) is 0 Å². The second kappa shape index (κ2) is 7.61. The highest BCUT2D eigenvalue weighted by Gasteiger charge is 2.38. The third-order valence-electron chi connectivity index (χ3n) is 4.45. The van der Waals surface area contributed by atoms with Gasteiger partial charge in [0.15, 0.2) is 7.14 Å². The van der Waals surface area contributed by atoms with E-state index in [-0.39, 0.29) is 0 Å². The molecule has 3 heteroatoms. The molecule has 0 N–H and O–H groups in total. The summed E-state index contributed by atoms with van der Waals surface area (Å²) in [5, 5.41) is 1.83. The van der Waals surface area contributed by atoms with Crippen LogP contribution in [0.25, 0.3) is 6.08 Å². The van der Waals surface area contributed by atoms with Crippen molar-refractivity contribution in [2.24, 2.45) is 0 Å². The minimum Gasteiger partial charge on any atom is -0.309 e. The van der Waals surface area contributed by atoms with Gasteiger partial charge < -0.3 is 4.57 Å². The van der Waals surface area contributed by atoms with E-state index in [4.69, 9.17) is 0 Å².